The Balaban J connectivity index is 2.05. The molecule has 214 valence electrons. The fraction of sp³-hybridized carbons (Fsp3) is 0.310. The zero-order chi connectivity index (χ0) is 29.4. The van der Waals surface area contributed by atoms with Crippen molar-refractivity contribution in [2.45, 2.75) is 38.3 Å². The zero-order valence-corrected chi connectivity index (χ0v) is 25.1. The molecule has 40 heavy (non-hydrogen) atoms. The van der Waals surface area contributed by atoms with E-state index < -0.39 is 28.5 Å². The van der Waals surface area contributed by atoms with Gasteiger partial charge in [-0.3, -0.25) is 13.9 Å². The van der Waals surface area contributed by atoms with E-state index in [9.17, 15) is 18.0 Å². The molecule has 1 N–H and O–H groups in total. The normalized spacial score (nSPS) is 12.1. The second-order valence-electron chi connectivity index (χ2n) is 9.59. The summed E-state index contributed by atoms with van der Waals surface area (Å²) in [6.07, 6.45) is 0. The molecule has 8 nitrogen and oxygen atoms in total. The molecule has 11 heteroatoms. The van der Waals surface area contributed by atoms with E-state index in [-0.39, 0.29) is 39.0 Å². The first kappa shape index (κ1) is 31.3. The van der Waals surface area contributed by atoms with Crippen molar-refractivity contribution in [3.05, 3.63) is 88.4 Å². The molecule has 0 saturated carbocycles. The predicted octanol–water partition coefficient (Wildman–Crippen LogP) is 5.39. The molecule has 0 aliphatic heterocycles. The molecule has 0 bridgehead atoms. The summed E-state index contributed by atoms with van der Waals surface area (Å²) >= 11 is 12.7. The largest absolute Gasteiger partial charge is 0.497 e. The Morgan fingerprint density at radius 1 is 0.950 bits per heavy atom. The third kappa shape index (κ3) is 7.68. The lowest BCUT2D eigenvalue weighted by Crippen LogP contribution is -2.51. The third-order valence-corrected chi connectivity index (χ3v) is 8.73. The molecule has 0 aromatic heterocycles. The van der Waals surface area contributed by atoms with Crippen LogP contribution in [0.5, 0.6) is 5.75 Å². The van der Waals surface area contributed by atoms with E-state index in [0.717, 1.165) is 4.31 Å². The topological polar surface area (TPSA) is 96.0 Å². The Bertz CT molecular complexity index is 1430. The number of rotatable bonds is 12. The minimum Gasteiger partial charge on any atom is -0.497 e. The number of benzene rings is 3. The monoisotopic (exact) mass is 605 g/mol. The minimum atomic E-state index is -4.25. The number of sulfonamides is 1. The Morgan fingerprint density at radius 2 is 1.62 bits per heavy atom. The standard InChI is InChI=1S/C29H33Cl2N3O5S/c1-20(2)17-32-29(36)21(3)33(18-22-10-8-11-23(16-22)39-4)27(35)19-34(26-15-9-14-25(30)28(26)31)40(37,38)24-12-6-5-7-13-24/h5-16,20-21H,17-19H2,1-4H3,(H,32,36)/t21-/m1/s1. The number of nitrogens with one attached hydrogen (secondary N) is 1. The summed E-state index contributed by atoms with van der Waals surface area (Å²) in [5.74, 6) is -0.176. The first-order chi connectivity index (χ1) is 18.9. The second kappa shape index (κ2) is 13.9. The van der Waals surface area contributed by atoms with Crippen LogP contribution in [0.25, 0.3) is 0 Å². The third-order valence-electron chi connectivity index (χ3n) is 6.15. The van der Waals surface area contributed by atoms with Gasteiger partial charge in [-0.15, -0.1) is 0 Å². The highest BCUT2D eigenvalue weighted by molar-refractivity contribution is 7.92. The molecular formula is C29H33Cl2N3O5S. The van der Waals surface area contributed by atoms with Crippen LogP contribution in [0.1, 0.15) is 26.3 Å². The summed E-state index contributed by atoms with van der Waals surface area (Å²) in [5, 5.41) is 2.97. The van der Waals surface area contributed by atoms with E-state index in [0.29, 0.717) is 17.9 Å². The van der Waals surface area contributed by atoms with Gasteiger partial charge in [-0.2, -0.15) is 0 Å². The predicted molar refractivity (Wildman–Crippen MR) is 158 cm³/mol. The lowest BCUT2D eigenvalue weighted by molar-refractivity contribution is -0.139. The van der Waals surface area contributed by atoms with Gasteiger partial charge in [0.1, 0.15) is 18.3 Å². The maximum atomic E-state index is 14.0. The molecule has 3 aromatic carbocycles. The Kier molecular flexibility index (Phi) is 10.8. The summed E-state index contributed by atoms with van der Waals surface area (Å²) < 4.78 is 33.9. The lowest BCUT2D eigenvalue weighted by Gasteiger charge is -2.32. The number of anilines is 1. The summed E-state index contributed by atoms with van der Waals surface area (Å²) in [4.78, 5) is 28.4. The number of methoxy groups -OCH3 is 1. The number of ether oxygens (including phenoxy) is 1. The summed E-state index contributed by atoms with van der Waals surface area (Å²) in [7, 11) is -2.72. The van der Waals surface area contributed by atoms with E-state index in [1.807, 2.05) is 13.8 Å². The number of carbonyl (C=O) groups is 2. The number of carbonyl (C=O) groups excluding carboxylic acids is 2. The average molecular weight is 607 g/mol. The van der Waals surface area contributed by atoms with Crippen molar-refractivity contribution < 1.29 is 22.7 Å². The number of hydrogen-bond donors (Lipinski definition) is 1. The molecule has 0 unspecified atom stereocenters. The van der Waals surface area contributed by atoms with Crippen LogP contribution < -0.4 is 14.4 Å². The number of halogens is 2. The first-order valence-electron chi connectivity index (χ1n) is 12.7. The quantitative estimate of drug-likeness (QED) is 0.299. The maximum Gasteiger partial charge on any atom is 0.264 e. The summed E-state index contributed by atoms with van der Waals surface area (Å²) in [6.45, 7) is 5.38. The molecule has 0 aliphatic carbocycles. The van der Waals surface area contributed by atoms with Gasteiger partial charge >= 0.3 is 0 Å². The van der Waals surface area contributed by atoms with Crippen LogP contribution in [0.4, 0.5) is 5.69 Å². The average Bonchev–Trinajstić information content (AvgIpc) is 2.95. The molecule has 2 amide bonds. The van der Waals surface area contributed by atoms with Gasteiger partial charge in [0.05, 0.1) is 27.7 Å². The van der Waals surface area contributed by atoms with E-state index in [4.69, 9.17) is 27.9 Å². The van der Waals surface area contributed by atoms with Crippen LogP contribution in [-0.4, -0.2) is 51.4 Å². The van der Waals surface area contributed by atoms with Crippen LogP contribution in [0, 0.1) is 5.92 Å². The second-order valence-corrected chi connectivity index (χ2v) is 12.2. The Morgan fingerprint density at radius 3 is 2.27 bits per heavy atom. The molecule has 0 fully saturated rings. The van der Waals surface area contributed by atoms with Crippen molar-refractivity contribution in [1.82, 2.24) is 10.2 Å². The van der Waals surface area contributed by atoms with Gasteiger partial charge in [0.15, 0.2) is 0 Å². The van der Waals surface area contributed by atoms with E-state index in [1.54, 1.807) is 55.5 Å². The summed E-state index contributed by atoms with van der Waals surface area (Å²) in [6, 6.07) is 18.5. The van der Waals surface area contributed by atoms with Crippen molar-refractivity contribution in [2.75, 3.05) is 24.5 Å². The molecule has 0 aliphatic rings. The van der Waals surface area contributed by atoms with Crippen molar-refractivity contribution in [2.24, 2.45) is 5.92 Å². The molecule has 0 spiro atoms. The number of amides is 2. The van der Waals surface area contributed by atoms with Gasteiger partial charge in [0.25, 0.3) is 10.0 Å². The minimum absolute atomic E-state index is 0.0152. The van der Waals surface area contributed by atoms with Crippen molar-refractivity contribution >= 4 is 50.7 Å². The SMILES string of the molecule is COc1cccc(CN(C(=O)CN(c2cccc(Cl)c2Cl)S(=O)(=O)c2ccccc2)[C@H](C)C(=O)NCC(C)C)c1. The molecule has 3 aromatic rings. The van der Waals surface area contributed by atoms with Gasteiger partial charge in [0.2, 0.25) is 11.8 Å². The summed E-state index contributed by atoms with van der Waals surface area (Å²) in [5.41, 5.74) is 0.749. The number of nitrogens with zero attached hydrogens (tertiary/aromatic N) is 2. The highest BCUT2D eigenvalue weighted by Crippen LogP contribution is 2.35. The molecular weight excluding hydrogens is 573 g/mol. The number of hydrogen-bond acceptors (Lipinski definition) is 5. The van der Waals surface area contributed by atoms with Gasteiger partial charge < -0.3 is 15.0 Å². The van der Waals surface area contributed by atoms with Gasteiger partial charge in [-0.05, 0) is 54.8 Å². The van der Waals surface area contributed by atoms with E-state index >= 15 is 0 Å². The van der Waals surface area contributed by atoms with Gasteiger partial charge in [-0.1, -0.05) is 73.4 Å². The van der Waals surface area contributed by atoms with Gasteiger partial charge in [0, 0.05) is 13.1 Å². The van der Waals surface area contributed by atoms with Crippen LogP contribution in [0.15, 0.2) is 77.7 Å². The molecule has 1 atom stereocenters. The van der Waals surface area contributed by atoms with Crippen molar-refractivity contribution in [3.8, 4) is 5.75 Å². The van der Waals surface area contributed by atoms with Crippen molar-refractivity contribution in [1.29, 1.82) is 0 Å². The molecule has 0 radical (unpaired) electrons. The highest BCUT2D eigenvalue weighted by Gasteiger charge is 2.33. The van der Waals surface area contributed by atoms with Crippen LogP contribution in [0.3, 0.4) is 0 Å². The lowest BCUT2D eigenvalue weighted by atomic mass is 10.1. The maximum absolute atomic E-state index is 14.0. The highest BCUT2D eigenvalue weighted by atomic mass is 35.5. The first-order valence-corrected chi connectivity index (χ1v) is 14.9. The van der Waals surface area contributed by atoms with E-state index in [1.165, 1.54) is 36.3 Å². The Hall–Kier alpha value is -3.27. The fourth-order valence-corrected chi connectivity index (χ4v) is 5.82. The van der Waals surface area contributed by atoms with Crippen LogP contribution in [-0.2, 0) is 26.2 Å². The smallest absolute Gasteiger partial charge is 0.264 e. The van der Waals surface area contributed by atoms with Crippen LogP contribution in [0.2, 0.25) is 10.0 Å². The zero-order valence-electron chi connectivity index (χ0n) is 22.8. The molecule has 0 saturated heterocycles. The van der Waals surface area contributed by atoms with Crippen LogP contribution >= 0.6 is 23.2 Å². The Labute approximate surface area is 245 Å². The molecule has 0 heterocycles. The molecule has 3 rings (SSSR count). The van der Waals surface area contributed by atoms with Crippen molar-refractivity contribution in [3.63, 3.8) is 0 Å². The van der Waals surface area contributed by atoms with Gasteiger partial charge in [-0.25, -0.2) is 8.42 Å². The fourth-order valence-electron chi connectivity index (χ4n) is 3.92. The van der Waals surface area contributed by atoms with E-state index in [2.05, 4.69) is 5.32 Å².